The number of rotatable bonds is 5. The van der Waals surface area contributed by atoms with E-state index < -0.39 is 0 Å². The average Bonchev–Trinajstić information content (AvgIpc) is 2.67. The number of nitrogens with one attached hydrogen (secondary N) is 2. The van der Waals surface area contributed by atoms with Gasteiger partial charge < -0.3 is 15.5 Å². The summed E-state index contributed by atoms with van der Waals surface area (Å²) >= 11 is 0. The molecule has 0 spiro atoms. The van der Waals surface area contributed by atoms with Crippen molar-refractivity contribution in [2.45, 2.75) is 25.8 Å². The van der Waals surface area contributed by atoms with Gasteiger partial charge in [0.15, 0.2) is 0 Å². The van der Waals surface area contributed by atoms with Crippen LogP contribution in [0.15, 0.2) is 0 Å². The maximum Gasteiger partial charge on any atom is 0.224 e. The fourth-order valence-electron chi connectivity index (χ4n) is 1.76. The minimum Gasteiger partial charge on any atom is -0.353 e. The predicted octanol–water partition coefficient (Wildman–Crippen LogP) is 0.0523. The van der Waals surface area contributed by atoms with Gasteiger partial charge in [-0.15, -0.1) is 0 Å². The summed E-state index contributed by atoms with van der Waals surface area (Å²) < 4.78 is 0. The third kappa shape index (κ3) is 4.62. The molecule has 1 saturated heterocycles. The zero-order valence-corrected chi connectivity index (χ0v) is 10.0. The van der Waals surface area contributed by atoms with E-state index in [0.29, 0.717) is 0 Å². The summed E-state index contributed by atoms with van der Waals surface area (Å²) in [4.78, 5) is 13.9. The van der Waals surface area contributed by atoms with Gasteiger partial charge in [0.2, 0.25) is 5.91 Å². The third-order valence-corrected chi connectivity index (χ3v) is 2.83. The third-order valence-electron chi connectivity index (χ3n) is 2.83. The van der Waals surface area contributed by atoms with Gasteiger partial charge in [-0.25, -0.2) is 0 Å². The first kappa shape index (κ1) is 12.5. The second kappa shape index (κ2) is 6.08. The molecule has 2 N–H and O–H groups in total. The number of amides is 1. The summed E-state index contributed by atoms with van der Waals surface area (Å²) in [6, 6.07) is 0.278. The highest BCUT2D eigenvalue weighted by Gasteiger charge is 2.23. The molecule has 88 valence electrons. The van der Waals surface area contributed by atoms with Crippen LogP contribution < -0.4 is 10.6 Å². The SMILES string of the molecule is CC(CCN(C)C)NC(=O)C1CCNC1. The summed E-state index contributed by atoms with van der Waals surface area (Å²) in [5.41, 5.74) is 0. The number of hydrogen-bond acceptors (Lipinski definition) is 3. The molecular formula is C11H23N3O. The van der Waals surface area contributed by atoms with Gasteiger partial charge >= 0.3 is 0 Å². The fraction of sp³-hybridized carbons (Fsp3) is 0.909. The molecule has 1 heterocycles. The molecule has 1 aliphatic heterocycles. The van der Waals surface area contributed by atoms with Crippen LogP contribution in [0.2, 0.25) is 0 Å². The normalized spacial score (nSPS) is 23.1. The van der Waals surface area contributed by atoms with Crippen molar-refractivity contribution in [2.24, 2.45) is 5.92 Å². The van der Waals surface area contributed by atoms with E-state index in [1.54, 1.807) is 0 Å². The Labute approximate surface area is 92.4 Å². The van der Waals surface area contributed by atoms with Gasteiger partial charge in [-0.2, -0.15) is 0 Å². The Hall–Kier alpha value is -0.610. The Kier molecular flexibility index (Phi) is 5.05. The van der Waals surface area contributed by atoms with E-state index in [0.717, 1.165) is 32.5 Å². The van der Waals surface area contributed by atoms with Crippen LogP contribution in [-0.4, -0.2) is 50.6 Å². The maximum atomic E-state index is 11.7. The molecule has 0 aromatic carbocycles. The standard InChI is InChI=1S/C11H23N3O/c1-9(5-7-14(2)3)13-11(15)10-4-6-12-8-10/h9-10,12H,4-8H2,1-3H3,(H,13,15). The monoisotopic (exact) mass is 213 g/mol. The van der Waals surface area contributed by atoms with Crippen LogP contribution in [0, 0.1) is 5.92 Å². The Bertz CT molecular complexity index is 200. The van der Waals surface area contributed by atoms with Gasteiger partial charge in [-0.3, -0.25) is 4.79 Å². The van der Waals surface area contributed by atoms with Crippen LogP contribution in [0.3, 0.4) is 0 Å². The first-order chi connectivity index (χ1) is 7.09. The summed E-state index contributed by atoms with van der Waals surface area (Å²) in [6.07, 6.45) is 1.99. The number of carbonyl (C=O) groups excluding carboxylic acids is 1. The molecule has 2 atom stereocenters. The van der Waals surface area contributed by atoms with Crippen LogP contribution >= 0.6 is 0 Å². The number of carbonyl (C=O) groups is 1. The van der Waals surface area contributed by atoms with Crippen LogP contribution in [0.5, 0.6) is 0 Å². The first-order valence-corrected chi connectivity index (χ1v) is 5.75. The summed E-state index contributed by atoms with van der Waals surface area (Å²) in [6.45, 7) is 4.91. The second-order valence-electron chi connectivity index (χ2n) is 4.69. The van der Waals surface area contributed by atoms with Crippen molar-refractivity contribution in [3.05, 3.63) is 0 Å². The van der Waals surface area contributed by atoms with Crippen LogP contribution in [0.25, 0.3) is 0 Å². The van der Waals surface area contributed by atoms with Gasteiger partial charge in [-0.1, -0.05) is 0 Å². The van der Waals surface area contributed by atoms with E-state index in [1.165, 1.54) is 0 Å². The van der Waals surface area contributed by atoms with E-state index in [2.05, 4.69) is 36.6 Å². The largest absolute Gasteiger partial charge is 0.353 e. The smallest absolute Gasteiger partial charge is 0.224 e. The van der Waals surface area contributed by atoms with Gasteiger partial charge in [0.05, 0.1) is 5.92 Å². The summed E-state index contributed by atoms with van der Waals surface area (Å²) in [5, 5.41) is 6.28. The minimum atomic E-state index is 0.187. The molecular weight excluding hydrogens is 190 g/mol. The highest BCUT2D eigenvalue weighted by molar-refractivity contribution is 5.79. The Morgan fingerprint density at radius 2 is 2.33 bits per heavy atom. The van der Waals surface area contributed by atoms with Gasteiger partial charge in [-0.05, 0) is 47.0 Å². The van der Waals surface area contributed by atoms with Crippen molar-refractivity contribution in [3.63, 3.8) is 0 Å². The van der Waals surface area contributed by atoms with Crippen LogP contribution in [0.4, 0.5) is 0 Å². The Balaban J connectivity index is 2.18. The number of hydrogen-bond donors (Lipinski definition) is 2. The molecule has 0 aliphatic carbocycles. The van der Waals surface area contributed by atoms with Crippen molar-refractivity contribution in [3.8, 4) is 0 Å². The molecule has 1 aliphatic rings. The highest BCUT2D eigenvalue weighted by atomic mass is 16.2. The van der Waals surface area contributed by atoms with Gasteiger partial charge in [0.1, 0.15) is 0 Å². The van der Waals surface area contributed by atoms with Crippen molar-refractivity contribution in [2.75, 3.05) is 33.7 Å². The van der Waals surface area contributed by atoms with Crippen molar-refractivity contribution in [1.82, 2.24) is 15.5 Å². The van der Waals surface area contributed by atoms with Crippen LogP contribution in [0.1, 0.15) is 19.8 Å². The lowest BCUT2D eigenvalue weighted by Crippen LogP contribution is -2.39. The van der Waals surface area contributed by atoms with Gasteiger partial charge in [0.25, 0.3) is 0 Å². The molecule has 1 rings (SSSR count). The molecule has 0 bridgehead atoms. The average molecular weight is 213 g/mol. The molecule has 2 unspecified atom stereocenters. The summed E-state index contributed by atoms with van der Waals surface area (Å²) in [7, 11) is 4.10. The lowest BCUT2D eigenvalue weighted by Gasteiger charge is -2.18. The van der Waals surface area contributed by atoms with E-state index >= 15 is 0 Å². The maximum absolute atomic E-state index is 11.7. The molecule has 1 fully saturated rings. The van der Waals surface area contributed by atoms with Crippen molar-refractivity contribution >= 4 is 5.91 Å². The Morgan fingerprint density at radius 1 is 1.60 bits per heavy atom. The highest BCUT2D eigenvalue weighted by Crippen LogP contribution is 2.07. The van der Waals surface area contributed by atoms with Crippen LogP contribution in [-0.2, 0) is 4.79 Å². The first-order valence-electron chi connectivity index (χ1n) is 5.75. The second-order valence-corrected chi connectivity index (χ2v) is 4.69. The molecule has 4 nitrogen and oxygen atoms in total. The Morgan fingerprint density at radius 3 is 2.87 bits per heavy atom. The molecule has 0 saturated carbocycles. The molecule has 4 heteroatoms. The fourth-order valence-corrected chi connectivity index (χ4v) is 1.76. The van der Waals surface area contributed by atoms with Gasteiger partial charge in [0, 0.05) is 12.6 Å². The van der Waals surface area contributed by atoms with E-state index in [4.69, 9.17) is 0 Å². The molecule has 0 aromatic rings. The summed E-state index contributed by atoms with van der Waals surface area (Å²) in [5.74, 6) is 0.401. The molecule has 1 amide bonds. The predicted molar refractivity (Wildman–Crippen MR) is 61.8 cm³/mol. The topological polar surface area (TPSA) is 44.4 Å². The molecule has 0 radical (unpaired) electrons. The van der Waals surface area contributed by atoms with E-state index in [9.17, 15) is 4.79 Å². The quantitative estimate of drug-likeness (QED) is 0.678. The minimum absolute atomic E-state index is 0.187. The molecule has 15 heavy (non-hydrogen) atoms. The molecule has 0 aromatic heterocycles. The van der Waals surface area contributed by atoms with E-state index in [-0.39, 0.29) is 17.9 Å². The van der Waals surface area contributed by atoms with Crippen molar-refractivity contribution in [1.29, 1.82) is 0 Å². The zero-order chi connectivity index (χ0) is 11.3. The zero-order valence-electron chi connectivity index (χ0n) is 10.0. The van der Waals surface area contributed by atoms with Crippen molar-refractivity contribution < 1.29 is 4.79 Å². The number of nitrogens with zero attached hydrogens (tertiary/aromatic N) is 1. The van der Waals surface area contributed by atoms with E-state index in [1.807, 2.05) is 0 Å². The lowest BCUT2D eigenvalue weighted by molar-refractivity contribution is -0.125. The lowest BCUT2D eigenvalue weighted by atomic mass is 10.1.